The monoisotopic (exact) mass is 269 g/mol. The zero-order valence-corrected chi connectivity index (χ0v) is 8.26. The van der Waals surface area contributed by atoms with Gasteiger partial charge in [0.25, 0.3) is 0 Å². The standard InChI is InChI=1S/C6H2BrClFNO3/c7-4-5(9)2(8)1-3(6(4)11)10(12)13/h1,11H. The van der Waals surface area contributed by atoms with Gasteiger partial charge in [-0.3, -0.25) is 10.1 Å². The maximum absolute atomic E-state index is 12.9. The van der Waals surface area contributed by atoms with E-state index in [0.29, 0.717) is 0 Å². The Morgan fingerprint density at radius 3 is 2.69 bits per heavy atom. The molecule has 0 fully saturated rings. The molecule has 70 valence electrons. The first kappa shape index (κ1) is 10.2. The fourth-order valence-corrected chi connectivity index (χ4v) is 1.44. The van der Waals surface area contributed by atoms with Crippen molar-refractivity contribution >= 4 is 33.2 Å². The van der Waals surface area contributed by atoms with Crippen LogP contribution in [0.25, 0.3) is 0 Å². The Labute approximate surface area is 85.2 Å². The summed E-state index contributed by atoms with van der Waals surface area (Å²) in [4.78, 5) is 9.43. The highest BCUT2D eigenvalue weighted by atomic mass is 79.9. The van der Waals surface area contributed by atoms with Crippen LogP contribution in [0.4, 0.5) is 10.1 Å². The molecule has 0 aliphatic rings. The normalized spacial score (nSPS) is 10.1. The lowest BCUT2D eigenvalue weighted by Crippen LogP contribution is -1.91. The van der Waals surface area contributed by atoms with Crippen molar-refractivity contribution in [2.24, 2.45) is 0 Å². The number of phenols is 1. The lowest BCUT2D eigenvalue weighted by molar-refractivity contribution is -0.386. The molecular weight excluding hydrogens is 268 g/mol. The van der Waals surface area contributed by atoms with Gasteiger partial charge in [-0.1, -0.05) is 11.6 Å². The van der Waals surface area contributed by atoms with Crippen LogP contribution in [0.15, 0.2) is 10.5 Å². The van der Waals surface area contributed by atoms with Gasteiger partial charge in [-0.2, -0.15) is 0 Å². The van der Waals surface area contributed by atoms with Crippen LogP contribution in [0, 0.1) is 15.9 Å². The van der Waals surface area contributed by atoms with Gasteiger partial charge in [0, 0.05) is 6.07 Å². The van der Waals surface area contributed by atoms with E-state index in [1.165, 1.54) is 0 Å². The molecular formula is C6H2BrClFNO3. The van der Waals surface area contributed by atoms with E-state index < -0.39 is 31.7 Å². The average molecular weight is 270 g/mol. The summed E-state index contributed by atoms with van der Waals surface area (Å²) in [6, 6.07) is 0.747. The molecule has 13 heavy (non-hydrogen) atoms. The molecule has 0 bridgehead atoms. The second kappa shape index (κ2) is 3.47. The zero-order chi connectivity index (χ0) is 10.2. The molecule has 0 heterocycles. The number of aromatic hydroxyl groups is 1. The predicted octanol–water partition coefficient (Wildman–Crippen LogP) is 2.86. The van der Waals surface area contributed by atoms with Gasteiger partial charge in [-0.05, 0) is 15.9 Å². The van der Waals surface area contributed by atoms with E-state index in [4.69, 9.17) is 16.7 Å². The molecule has 0 radical (unpaired) electrons. The summed E-state index contributed by atoms with van der Waals surface area (Å²) in [5.74, 6) is -1.70. The number of nitrogens with zero attached hydrogens (tertiary/aromatic N) is 1. The number of benzene rings is 1. The van der Waals surface area contributed by atoms with E-state index in [1.807, 2.05) is 0 Å². The topological polar surface area (TPSA) is 63.4 Å². The Kier molecular flexibility index (Phi) is 2.72. The molecule has 0 atom stereocenters. The maximum Gasteiger partial charge on any atom is 0.313 e. The van der Waals surface area contributed by atoms with Crippen LogP contribution in [0.3, 0.4) is 0 Å². The smallest absolute Gasteiger partial charge is 0.313 e. The summed E-state index contributed by atoms with van der Waals surface area (Å²) in [6.45, 7) is 0. The Hall–Kier alpha value is -0.880. The molecule has 1 aromatic carbocycles. The average Bonchev–Trinajstić information content (AvgIpc) is 2.07. The van der Waals surface area contributed by atoms with E-state index in [0.717, 1.165) is 6.07 Å². The van der Waals surface area contributed by atoms with Crippen LogP contribution < -0.4 is 0 Å². The van der Waals surface area contributed by atoms with E-state index in [2.05, 4.69) is 15.9 Å². The van der Waals surface area contributed by atoms with Crippen LogP contribution >= 0.6 is 27.5 Å². The molecule has 0 saturated heterocycles. The number of hydrogen-bond acceptors (Lipinski definition) is 3. The number of phenolic OH excluding ortho intramolecular Hbond substituents is 1. The van der Waals surface area contributed by atoms with Gasteiger partial charge in [-0.15, -0.1) is 0 Å². The van der Waals surface area contributed by atoms with Crippen molar-refractivity contribution in [3.63, 3.8) is 0 Å². The predicted molar refractivity (Wildman–Crippen MR) is 47.4 cm³/mol. The third-order valence-electron chi connectivity index (χ3n) is 1.31. The van der Waals surface area contributed by atoms with Crippen LogP contribution in [-0.4, -0.2) is 10.0 Å². The van der Waals surface area contributed by atoms with Crippen LogP contribution in [0.2, 0.25) is 5.02 Å². The van der Waals surface area contributed by atoms with Crippen molar-refractivity contribution in [3.05, 3.63) is 31.5 Å². The summed E-state index contributed by atoms with van der Waals surface area (Å²) < 4.78 is 12.5. The van der Waals surface area contributed by atoms with Gasteiger partial charge in [0.2, 0.25) is 5.75 Å². The molecule has 0 saturated carbocycles. The van der Waals surface area contributed by atoms with Crippen LogP contribution in [0.1, 0.15) is 0 Å². The minimum atomic E-state index is -0.926. The highest BCUT2D eigenvalue weighted by Gasteiger charge is 2.22. The largest absolute Gasteiger partial charge is 0.501 e. The van der Waals surface area contributed by atoms with Crippen molar-refractivity contribution in [1.29, 1.82) is 0 Å². The second-order valence-corrected chi connectivity index (χ2v) is 3.31. The van der Waals surface area contributed by atoms with Crippen molar-refractivity contribution in [3.8, 4) is 5.75 Å². The van der Waals surface area contributed by atoms with Gasteiger partial charge in [0.1, 0.15) is 4.47 Å². The zero-order valence-electron chi connectivity index (χ0n) is 5.92. The SMILES string of the molecule is O=[N+]([O-])c1cc(Cl)c(F)c(Br)c1O. The van der Waals surface area contributed by atoms with Crippen molar-refractivity contribution in [1.82, 2.24) is 0 Å². The number of nitro groups is 1. The number of halogens is 3. The number of hydrogen-bond donors (Lipinski definition) is 1. The molecule has 1 rings (SSSR count). The summed E-state index contributed by atoms with van der Waals surface area (Å²) in [5.41, 5.74) is -0.640. The van der Waals surface area contributed by atoms with Gasteiger partial charge in [-0.25, -0.2) is 4.39 Å². The third-order valence-corrected chi connectivity index (χ3v) is 2.31. The van der Waals surface area contributed by atoms with E-state index in [-0.39, 0.29) is 0 Å². The van der Waals surface area contributed by atoms with E-state index >= 15 is 0 Å². The Morgan fingerprint density at radius 2 is 2.23 bits per heavy atom. The van der Waals surface area contributed by atoms with Gasteiger partial charge in [0.15, 0.2) is 5.82 Å². The Morgan fingerprint density at radius 1 is 1.69 bits per heavy atom. The van der Waals surface area contributed by atoms with Gasteiger partial charge in [0.05, 0.1) is 9.95 Å². The fourth-order valence-electron chi connectivity index (χ4n) is 0.712. The van der Waals surface area contributed by atoms with Crippen molar-refractivity contribution < 1.29 is 14.4 Å². The molecule has 1 aromatic rings. The quantitative estimate of drug-likeness (QED) is 0.485. The molecule has 0 aliphatic heterocycles. The first-order chi connectivity index (χ1) is 5.95. The minimum absolute atomic E-state index is 0.410. The number of nitro benzene ring substituents is 1. The Balaban J connectivity index is 3.50. The Bertz CT molecular complexity index is 385. The molecule has 4 nitrogen and oxygen atoms in total. The van der Waals surface area contributed by atoms with Crippen LogP contribution in [0.5, 0.6) is 5.75 Å². The molecule has 1 N–H and O–H groups in total. The fraction of sp³-hybridized carbons (Fsp3) is 0. The molecule has 0 unspecified atom stereocenters. The summed E-state index contributed by atoms with van der Waals surface area (Å²) in [7, 11) is 0. The lowest BCUT2D eigenvalue weighted by atomic mass is 10.3. The minimum Gasteiger partial charge on any atom is -0.501 e. The van der Waals surface area contributed by atoms with E-state index in [1.54, 1.807) is 0 Å². The van der Waals surface area contributed by atoms with Gasteiger partial charge < -0.3 is 5.11 Å². The summed E-state index contributed by atoms with van der Waals surface area (Å²) in [5, 5.41) is 18.9. The van der Waals surface area contributed by atoms with Crippen molar-refractivity contribution in [2.75, 3.05) is 0 Å². The summed E-state index contributed by atoms with van der Waals surface area (Å²) >= 11 is 7.95. The number of rotatable bonds is 1. The third kappa shape index (κ3) is 1.73. The molecule has 0 aliphatic carbocycles. The van der Waals surface area contributed by atoms with Crippen LogP contribution in [-0.2, 0) is 0 Å². The second-order valence-electron chi connectivity index (χ2n) is 2.11. The maximum atomic E-state index is 12.9. The van der Waals surface area contributed by atoms with E-state index in [9.17, 15) is 14.5 Å². The highest BCUT2D eigenvalue weighted by molar-refractivity contribution is 9.10. The first-order valence-corrected chi connectivity index (χ1v) is 4.13. The van der Waals surface area contributed by atoms with Gasteiger partial charge >= 0.3 is 5.69 Å². The summed E-state index contributed by atoms with van der Waals surface area (Å²) in [6.07, 6.45) is 0. The molecule has 0 aromatic heterocycles. The highest BCUT2D eigenvalue weighted by Crippen LogP contribution is 2.39. The molecule has 0 spiro atoms. The van der Waals surface area contributed by atoms with Crippen molar-refractivity contribution in [2.45, 2.75) is 0 Å². The lowest BCUT2D eigenvalue weighted by Gasteiger charge is -2.01. The molecule has 7 heteroatoms. The first-order valence-electron chi connectivity index (χ1n) is 2.96. The molecule has 0 amide bonds.